The lowest BCUT2D eigenvalue weighted by Crippen LogP contribution is -2.36. The number of halogens is 1. The van der Waals surface area contributed by atoms with E-state index in [9.17, 15) is 9.59 Å². The molecule has 2 amide bonds. The van der Waals surface area contributed by atoms with E-state index in [-0.39, 0.29) is 11.8 Å². The molecule has 0 saturated heterocycles. The van der Waals surface area contributed by atoms with Crippen LogP contribution in [0.3, 0.4) is 0 Å². The predicted molar refractivity (Wildman–Crippen MR) is 138 cm³/mol. The van der Waals surface area contributed by atoms with Gasteiger partial charge in [-0.1, -0.05) is 12.1 Å². The number of aromatic nitrogens is 3. The van der Waals surface area contributed by atoms with Crippen LogP contribution in [0.15, 0.2) is 77.7 Å². The number of pyridine rings is 1. The normalized spacial score (nSPS) is 13.1. The number of rotatable bonds is 3. The summed E-state index contributed by atoms with van der Waals surface area (Å²) >= 11 is 3.43. The smallest absolute Gasteiger partial charge is 0.255 e. The summed E-state index contributed by atoms with van der Waals surface area (Å²) in [6.45, 7) is 1.10. The van der Waals surface area contributed by atoms with E-state index in [0.717, 1.165) is 44.0 Å². The standard InChI is InChI=1S/C27H20BrN5O2/c28-21-10-17-3-5-22(12-24(17)29-13-21)32-26(34)18-2-1-16-7-8-33(14-20(16)9-18)27(35)19-4-6-23-25(11-19)31-15-30-23/h1-6,9-13,15H,7-8,14H2,(H,30,31)(H,32,34). The molecule has 2 N–H and O–H groups in total. The maximum atomic E-state index is 13.2. The summed E-state index contributed by atoms with van der Waals surface area (Å²) in [5.74, 6) is -0.227. The van der Waals surface area contributed by atoms with Gasteiger partial charge in [-0.25, -0.2) is 4.98 Å². The van der Waals surface area contributed by atoms with Crippen LogP contribution in [0.25, 0.3) is 21.9 Å². The van der Waals surface area contributed by atoms with Crippen LogP contribution in [0.1, 0.15) is 31.8 Å². The molecule has 6 rings (SSSR count). The largest absolute Gasteiger partial charge is 0.345 e. The molecule has 0 aliphatic carbocycles. The number of hydrogen-bond acceptors (Lipinski definition) is 4. The zero-order valence-corrected chi connectivity index (χ0v) is 20.2. The summed E-state index contributed by atoms with van der Waals surface area (Å²) < 4.78 is 0.908. The Labute approximate surface area is 209 Å². The Morgan fingerprint density at radius 1 is 0.914 bits per heavy atom. The third-order valence-electron chi connectivity index (χ3n) is 6.34. The van der Waals surface area contributed by atoms with Crippen molar-refractivity contribution >= 4 is 55.4 Å². The van der Waals surface area contributed by atoms with Crippen LogP contribution < -0.4 is 5.32 Å². The first kappa shape index (κ1) is 21.5. The van der Waals surface area contributed by atoms with Crippen LogP contribution in [0.2, 0.25) is 0 Å². The van der Waals surface area contributed by atoms with Crippen molar-refractivity contribution in [2.75, 3.05) is 11.9 Å². The van der Waals surface area contributed by atoms with Crippen LogP contribution >= 0.6 is 15.9 Å². The van der Waals surface area contributed by atoms with Gasteiger partial charge in [0.25, 0.3) is 11.8 Å². The number of carbonyl (C=O) groups is 2. The first-order chi connectivity index (χ1) is 17.0. The Bertz CT molecular complexity index is 1630. The summed E-state index contributed by atoms with van der Waals surface area (Å²) in [5.41, 5.74) is 6.48. The Morgan fingerprint density at radius 2 is 1.80 bits per heavy atom. The highest BCUT2D eigenvalue weighted by atomic mass is 79.9. The molecule has 5 aromatic rings. The fourth-order valence-corrected chi connectivity index (χ4v) is 4.85. The second-order valence-electron chi connectivity index (χ2n) is 8.61. The molecule has 0 spiro atoms. The van der Waals surface area contributed by atoms with Crippen molar-refractivity contribution in [1.29, 1.82) is 0 Å². The van der Waals surface area contributed by atoms with Gasteiger partial charge in [0.15, 0.2) is 0 Å². The third-order valence-corrected chi connectivity index (χ3v) is 6.78. The van der Waals surface area contributed by atoms with Crippen molar-refractivity contribution in [2.45, 2.75) is 13.0 Å². The molecule has 172 valence electrons. The molecule has 0 atom stereocenters. The highest BCUT2D eigenvalue weighted by molar-refractivity contribution is 9.10. The molecule has 3 aromatic carbocycles. The number of aromatic amines is 1. The highest BCUT2D eigenvalue weighted by Gasteiger charge is 2.23. The molecule has 7 nitrogen and oxygen atoms in total. The van der Waals surface area contributed by atoms with Gasteiger partial charge in [-0.3, -0.25) is 14.6 Å². The molecule has 0 bridgehead atoms. The minimum absolute atomic E-state index is 0.0303. The van der Waals surface area contributed by atoms with Gasteiger partial charge >= 0.3 is 0 Å². The zero-order valence-electron chi connectivity index (χ0n) is 18.6. The van der Waals surface area contributed by atoms with Gasteiger partial charge in [0.05, 0.1) is 22.9 Å². The molecule has 3 heterocycles. The lowest BCUT2D eigenvalue weighted by atomic mass is 9.96. The molecule has 1 aliphatic heterocycles. The van der Waals surface area contributed by atoms with Crippen LogP contribution in [0, 0.1) is 0 Å². The van der Waals surface area contributed by atoms with E-state index in [1.165, 1.54) is 0 Å². The zero-order chi connectivity index (χ0) is 23.9. The molecule has 0 fully saturated rings. The average molecular weight is 526 g/mol. The van der Waals surface area contributed by atoms with Gasteiger partial charge in [-0.2, -0.15) is 0 Å². The molecule has 1 aliphatic rings. The van der Waals surface area contributed by atoms with E-state index in [4.69, 9.17) is 0 Å². The molecular formula is C27H20BrN5O2. The van der Waals surface area contributed by atoms with Gasteiger partial charge in [-0.15, -0.1) is 0 Å². The average Bonchev–Trinajstić information content (AvgIpc) is 3.35. The highest BCUT2D eigenvalue weighted by Crippen LogP contribution is 2.25. The maximum Gasteiger partial charge on any atom is 0.255 e. The fourth-order valence-electron chi connectivity index (χ4n) is 4.50. The van der Waals surface area contributed by atoms with Gasteiger partial charge in [0.1, 0.15) is 0 Å². The van der Waals surface area contributed by atoms with Gasteiger partial charge in [0.2, 0.25) is 0 Å². The van der Waals surface area contributed by atoms with Crippen molar-refractivity contribution in [3.05, 3.63) is 99.9 Å². The number of H-pyrrole nitrogens is 1. The summed E-state index contributed by atoms with van der Waals surface area (Å²) in [6, 6.07) is 18.8. The number of benzene rings is 3. The summed E-state index contributed by atoms with van der Waals surface area (Å²) in [4.78, 5) is 39.7. The first-order valence-corrected chi connectivity index (χ1v) is 12.0. The minimum Gasteiger partial charge on any atom is -0.345 e. The molecule has 0 radical (unpaired) electrons. The quantitative estimate of drug-likeness (QED) is 0.333. The van der Waals surface area contributed by atoms with Crippen molar-refractivity contribution in [3.63, 3.8) is 0 Å². The lowest BCUT2D eigenvalue weighted by molar-refractivity contribution is 0.0735. The Morgan fingerprint density at radius 3 is 2.71 bits per heavy atom. The number of nitrogens with zero attached hydrogens (tertiary/aromatic N) is 3. The maximum absolute atomic E-state index is 13.2. The topological polar surface area (TPSA) is 91.0 Å². The second-order valence-corrected chi connectivity index (χ2v) is 9.53. The third kappa shape index (κ3) is 4.17. The summed E-state index contributed by atoms with van der Waals surface area (Å²) in [6.07, 6.45) is 4.11. The van der Waals surface area contributed by atoms with Crippen LogP contribution in [-0.2, 0) is 13.0 Å². The van der Waals surface area contributed by atoms with Gasteiger partial charge in [0, 0.05) is 46.0 Å². The number of imidazole rings is 1. The van der Waals surface area contributed by atoms with E-state index < -0.39 is 0 Å². The number of fused-ring (bicyclic) bond motifs is 3. The number of carbonyl (C=O) groups excluding carboxylic acids is 2. The number of anilines is 1. The molecule has 0 saturated carbocycles. The lowest BCUT2D eigenvalue weighted by Gasteiger charge is -2.29. The SMILES string of the molecule is O=C(Nc1ccc2cc(Br)cnc2c1)c1ccc2c(c1)CN(C(=O)c1ccc3nc[nH]c3c1)CC2. The van der Waals surface area contributed by atoms with E-state index in [0.29, 0.717) is 29.9 Å². The van der Waals surface area contributed by atoms with Crippen molar-refractivity contribution in [1.82, 2.24) is 19.9 Å². The monoisotopic (exact) mass is 525 g/mol. The minimum atomic E-state index is -0.197. The molecule has 2 aromatic heterocycles. The van der Waals surface area contributed by atoms with Gasteiger partial charge < -0.3 is 15.2 Å². The number of amides is 2. The first-order valence-electron chi connectivity index (χ1n) is 11.2. The number of nitrogens with one attached hydrogen (secondary N) is 2. The Kier molecular flexibility index (Phi) is 5.30. The Hall–Kier alpha value is -4.04. The second kappa shape index (κ2) is 8.63. The van der Waals surface area contributed by atoms with Crippen LogP contribution in [0.4, 0.5) is 5.69 Å². The summed E-state index contributed by atoms with van der Waals surface area (Å²) in [5, 5.41) is 3.95. The molecule has 8 heteroatoms. The number of hydrogen-bond donors (Lipinski definition) is 2. The van der Waals surface area contributed by atoms with Crippen LogP contribution in [-0.4, -0.2) is 38.2 Å². The summed E-state index contributed by atoms with van der Waals surface area (Å²) in [7, 11) is 0. The van der Waals surface area contributed by atoms with Crippen molar-refractivity contribution < 1.29 is 9.59 Å². The molecule has 35 heavy (non-hydrogen) atoms. The fraction of sp³-hybridized carbons (Fsp3) is 0.111. The van der Waals surface area contributed by atoms with E-state index in [1.807, 2.05) is 65.6 Å². The predicted octanol–water partition coefficient (Wildman–Crippen LogP) is 5.32. The molecule has 0 unspecified atom stereocenters. The van der Waals surface area contributed by atoms with Crippen molar-refractivity contribution in [3.8, 4) is 0 Å². The van der Waals surface area contributed by atoms with E-state index in [1.54, 1.807) is 12.5 Å². The van der Waals surface area contributed by atoms with Gasteiger partial charge in [-0.05, 0) is 82.0 Å². The van der Waals surface area contributed by atoms with E-state index in [2.05, 4.69) is 36.2 Å². The van der Waals surface area contributed by atoms with Crippen molar-refractivity contribution in [2.24, 2.45) is 0 Å². The molecular weight excluding hydrogens is 506 g/mol. The van der Waals surface area contributed by atoms with E-state index >= 15 is 0 Å². The van der Waals surface area contributed by atoms with Crippen LogP contribution in [0.5, 0.6) is 0 Å². The Balaban J connectivity index is 1.20.